The number of carboxylic acids is 1. The Bertz CT molecular complexity index is 690. The average Bonchev–Trinajstić information content (AvgIpc) is 2.67. The first-order chi connectivity index (χ1) is 10.1. The number of aromatic nitrogens is 3. The molecule has 1 N–H and O–H groups in total. The van der Waals surface area contributed by atoms with Crippen LogP contribution in [-0.2, 0) is 7.05 Å². The molecule has 0 amide bonds. The monoisotopic (exact) mass is 306 g/mol. The van der Waals surface area contributed by atoms with Gasteiger partial charge in [0.15, 0.2) is 5.65 Å². The molecule has 7 heteroatoms. The summed E-state index contributed by atoms with van der Waals surface area (Å²) in [7, 11) is 1.84. The standard InChI is InChI=1S/C14H18N4O2S/c1-9-11-12(18-4-3-6-21-7-5-18)10(14(19)20)8-15-13(11)17(2)16-9/h8H,3-7H2,1-2H3,(H,19,20). The van der Waals surface area contributed by atoms with Crippen LogP contribution in [0.5, 0.6) is 0 Å². The van der Waals surface area contributed by atoms with Crippen LogP contribution >= 0.6 is 11.8 Å². The van der Waals surface area contributed by atoms with Gasteiger partial charge in [-0.25, -0.2) is 9.78 Å². The van der Waals surface area contributed by atoms with Gasteiger partial charge in [0, 0.05) is 32.1 Å². The molecule has 0 atom stereocenters. The third-order valence-electron chi connectivity index (χ3n) is 3.77. The van der Waals surface area contributed by atoms with E-state index >= 15 is 0 Å². The minimum absolute atomic E-state index is 0.269. The van der Waals surface area contributed by atoms with Gasteiger partial charge in [0.05, 0.1) is 16.8 Å². The summed E-state index contributed by atoms with van der Waals surface area (Å²) < 4.78 is 1.71. The van der Waals surface area contributed by atoms with Gasteiger partial charge >= 0.3 is 5.97 Å². The minimum atomic E-state index is -0.931. The molecular formula is C14H18N4O2S. The van der Waals surface area contributed by atoms with Crippen molar-refractivity contribution in [3.63, 3.8) is 0 Å². The van der Waals surface area contributed by atoms with Gasteiger partial charge in [-0.1, -0.05) is 0 Å². The summed E-state index contributed by atoms with van der Waals surface area (Å²) in [5.41, 5.74) is 2.62. The molecule has 2 aromatic rings. The summed E-state index contributed by atoms with van der Waals surface area (Å²) in [5.74, 6) is 1.21. The number of fused-ring (bicyclic) bond motifs is 1. The normalized spacial score (nSPS) is 16.2. The highest BCUT2D eigenvalue weighted by atomic mass is 32.2. The fraction of sp³-hybridized carbons (Fsp3) is 0.500. The number of carbonyl (C=O) groups is 1. The maximum Gasteiger partial charge on any atom is 0.339 e. The van der Waals surface area contributed by atoms with E-state index in [1.54, 1.807) is 4.68 Å². The summed E-state index contributed by atoms with van der Waals surface area (Å²) in [5, 5.41) is 14.8. The Hall–Kier alpha value is -1.76. The molecule has 0 unspecified atom stereocenters. The van der Waals surface area contributed by atoms with Gasteiger partial charge in [-0.05, 0) is 19.1 Å². The van der Waals surface area contributed by atoms with E-state index in [0.717, 1.165) is 53.4 Å². The molecule has 2 aromatic heterocycles. The van der Waals surface area contributed by atoms with Crippen LogP contribution < -0.4 is 4.90 Å². The average molecular weight is 306 g/mol. The first-order valence-corrected chi connectivity index (χ1v) is 8.13. The number of pyridine rings is 1. The Balaban J connectivity index is 2.25. The van der Waals surface area contributed by atoms with Crippen molar-refractivity contribution in [2.24, 2.45) is 7.05 Å². The Morgan fingerprint density at radius 1 is 1.38 bits per heavy atom. The fourth-order valence-corrected chi connectivity index (χ4v) is 3.73. The molecule has 3 heterocycles. The van der Waals surface area contributed by atoms with Crippen molar-refractivity contribution < 1.29 is 9.90 Å². The van der Waals surface area contributed by atoms with E-state index in [1.165, 1.54) is 6.20 Å². The van der Waals surface area contributed by atoms with Gasteiger partial charge in [0.2, 0.25) is 0 Å². The zero-order valence-electron chi connectivity index (χ0n) is 12.2. The summed E-state index contributed by atoms with van der Waals surface area (Å²) in [4.78, 5) is 18.1. The SMILES string of the molecule is Cc1nn(C)c2ncc(C(=O)O)c(N3CCCSCC3)c12. The van der Waals surface area contributed by atoms with Crippen LogP contribution in [0.25, 0.3) is 11.0 Å². The van der Waals surface area contributed by atoms with E-state index in [-0.39, 0.29) is 5.56 Å². The zero-order chi connectivity index (χ0) is 15.0. The molecular weight excluding hydrogens is 288 g/mol. The van der Waals surface area contributed by atoms with Crippen molar-refractivity contribution in [1.82, 2.24) is 14.8 Å². The van der Waals surface area contributed by atoms with E-state index in [4.69, 9.17) is 0 Å². The van der Waals surface area contributed by atoms with Crippen LogP contribution in [0.3, 0.4) is 0 Å². The lowest BCUT2D eigenvalue weighted by molar-refractivity contribution is 0.0697. The van der Waals surface area contributed by atoms with Gasteiger partial charge in [-0.2, -0.15) is 16.9 Å². The quantitative estimate of drug-likeness (QED) is 0.914. The number of aryl methyl sites for hydroxylation is 2. The molecule has 0 spiro atoms. The second-order valence-corrected chi connectivity index (χ2v) is 6.41. The molecule has 21 heavy (non-hydrogen) atoms. The molecule has 0 saturated carbocycles. The molecule has 1 saturated heterocycles. The minimum Gasteiger partial charge on any atom is -0.478 e. The topological polar surface area (TPSA) is 71.2 Å². The molecule has 1 fully saturated rings. The molecule has 0 aliphatic carbocycles. The van der Waals surface area contributed by atoms with Gasteiger partial charge < -0.3 is 10.0 Å². The molecule has 112 valence electrons. The smallest absolute Gasteiger partial charge is 0.339 e. The molecule has 0 radical (unpaired) electrons. The summed E-state index contributed by atoms with van der Waals surface area (Å²) in [6.07, 6.45) is 2.52. The Kier molecular flexibility index (Phi) is 3.75. The predicted octanol–water partition coefficient (Wildman–Crippen LogP) is 1.92. The third kappa shape index (κ3) is 2.46. The third-order valence-corrected chi connectivity index (χ3v) is 4.82. The number of hydrogen-bond acceptors (Lipinski definition) is 5. The van der Waals surface area contributed by atoms with E-state index in [0.29, 0.717) is 0 Å². The van der Waals surface area contributed by atoms with E-state index in [2.05, 4.69) is 15.0 Å². The molecule has 1 aliphatic rings. The number of thioether (sulfide) groups is 1. The maximum atomic E-state index is 11.6. The largest absolute Gasteiger partial charge is 0.478 e. The number of anilines is 1. The molecule has 1 aliphatic heterocycles. The summed E-state index contributed by atoms with van der Waals surface area (Å²) >= 11 is 1.92. The van der Waals surface area contributed by atoms with Gasteiger partial charge in [0.25, 0.3) is 0 Å². The van der Waals surface area contributed by atoms with E-state index in [9.17, 15) is 9.90 Å². The lowest BCUT2D eigenvalue weighted by Gasteiger charge is -2.24. The Morgan fingerprint density at radius 2 is 2.19 bits per heavy atom. The first kappa shape index (κ1) is 14.2. The van der Waals surface area contributed by atoms with Gasteiger partial charge in [-0.3, -0.25) is 4.68 Å². The van der Waals surface area contributed by atoms with Crippen LogP contribution in [0, 0.1) is 6.92 Å². The fourth-order valence-electron chi connectivity index (χ4n) is 2.85. The number of aromatic carboxylic acids is 1. The number of hydrogen-bond donors (Lipinski definition) is 1. The maximum absolute atomic E-state index is 11.6. The van der Waals surface area contributed by atoms with Crippen molar-refractivity contribution in [2.45, 2.75) is 13.3 Å². The highest BCUT2D eigenvalue weighted by Gasteiger charge is 2.24. The molecule has 6 nitrogen and oxygen atoms in total. The predicted molar refractivity (Wildman–Crippen MR) is 84.4 cm³/mol. The van der Waals surface area contributed by atoms with E-state index in [1.807, 2.05) is 25.7 Å². The van der Waals surface area contributed by atoms with E-state index < -0.39 is 5.97 Å². The highest BCUT2D eigenvalue weighted by molar-refractivity contribution is 7.99. The Morgan fingerprint density at radius 3 is 2.95 bits per heavy atom. The summed E-state index contributed by atoms with van der Waals surface area (Å²) in [6.45, 7) is 3.64. The number of carboxylic acid groups (broad SMARTS) is 1. The molecule has 0 aromatic carbocycles. The van der Waals surface area contributed by atoms with Crippen LogP contribution in [0.15, 0.2) is 6.20 Å². The van der Waals surface area contributed by atoms with Crippen LogP contribution in [-0.4, -0.2) is 50.4 Å². The molecule has 3 rings (SSSR count). The van der Waals surface area contributed by atoms with Crippen molar-refractivity contribution in [3.05, 3.63) is 17.5 Å². The van der Waals surface area contributed by atoms with Gasteiger partial charge in [-0.15, -0.1) is 0 Å². The van der Waals surface area contributed by atoms with Crippen LogP contribution in [0.4, 0.5) is 5.69 Å². The first-order valence-electron chi connectivity index (χ1n) is 6.98. The number of nitrogens with zero attached hydrogens (tertiary/aromatic N) is 4. The lowest BCUT2D eigenvalue weighted by atomic mass is 10.1. The van der Waals surface area contributed by atoms with Crippen molar-refractivity contribution >= 4 is 34.5 Å². The second-order valence-electron chi connectivity index (χ2n) is 5.19. The van der Waals surface area contributed by atoms with Crippen LogP contribution in [0.2, 0.25) is 0 Å². The second kappa shape index (κ2) is 5.55. The van der Waals surface area contributed by atoms with Crippen molar-refractivity contribution in [2.75, 3.05) is 29.5 Å². The Labute approximate surface area is 127 Å². The molecule has 0 bridgehead atoms. The highest BCUT2D eigenvalue weighted by Crippen LogP contribution is 2.33. The van der Waals surface area contributed by atoms with Crippen molar-refractivity contribution in [3.8, 4) is 0 Å². The lowest BCUT2D eigenvalue weighted by Crippen LogP contribution is -2.27. The summed E-state index contributed by atoms with van der Waals surface area (Å²) in [6, 6.07) is 0. The number of rotatable bonds is 2. The van der Waals surface area contributed by atoms with Crippen molar-refractivity contribution in [1.29, 1.82) is 0 Å². The zero-order valence-corrected chi connectivity index (χ0v) is 13.0. The van der Waals surface area contributed by atoms with Gasteiger partial charge in [0.1, 0.15) is 5.56 Å². The van der Waals surface area contributed by atoms with Crippen LogP contribution in [0.1, 0.15) is 22.5 Å².